The van der Waals surface area contributed by atoms with Gasteiger partial charge in [-0.2, -0.15) is 0 Å². The van der Waals surface area contributed by atoms with E-state index in [0.29, 0.717) is 12.9 Å². The lowest BCUT2D eigenvalue weighted by Crippen LogP contribution is -2.29. The Labute approximate surface area is 148 Å². The molecule has 25 heavy (non-hydrogen) atoms. The Bertz CT molecular complexity index is 707. The number of benzene rings is 1. The molecule has 5 heteroatoms. The molecule has 0 bridgehead atoms. The van der Waals surface area contributed by atoms with Crippen molar-refractivity contribution in [2.24, 2.45) is 0 Å². The number of nitrogens with zero attached hydrogens (tertiary/aromatic N) is 2. The van der Waals surface area contributed by atoms with Crippen LogP contribution in [-0.2, 0) is 17.7 Å². The van der Waals surface area contributed by atoms with E-state index in [2.05, 4.69) is 35.1 Å². The van der Waals surface area contributed by atoms with Crippen LogP contribution in [-0.4, -0.2) is 42.5 Å². The summed E-state index contributed by atoms with van der Waals surface area (Å²) < 4.78 is 17.1. The number of hydrogen-bond donors (Lipinski definition) is 0. The molecule has 3 heterocycles. The molecule has 4 rings (SSSR count). The molecule has 1 saturated heterocycles. The number of rotatable bonds is 6. The normalized spacial score (nSPS) is 21.8. The number of aromatic nitrogens is 1. The van der Waals surface area contributed by atoms with E-state index in [1.54, 1.807) is 0 Å². The van der Waals surface area contributed by atoms with Crippen molar-refractivity contribution in [2.45, 2.75) is 38.0 Å². The molecule has 0 saturated carbocycles. The van der Waals surface area contributed by atoms with Gasteiger partial charge in [0.25, 0.3) is 0 Å². The van der Waals surface area contributed by atoms with Crippen molar-refractivity contribution in [3.8, 4) is 11.5 Å². The van der Waals surface area contributed by atoms with Crippen LogP contribution in [0, 0.1) is 0 Å². The zero-order chi connectivity index (χ0) is 17.1. The average molecular weight is 340 g/mol. The summed E-state index contributed by atoms with van der Waals surface area (Å²) in [6.45, 7) is 2.18. The zero-order valence-electron chi connectivity index (χ0n) is 14.6. The molecule has 0 N–H and O–H groups in total. The zero-order valence-corrected chi connectivity index (χ0v) is 14.6. The van der Waals surface area contributed by atoms with Gasteiger partial charge >= 0.3 is 0 Å². The maximum absolute atomic E-state index is 6.26. The second-order valence-corrected chi connectivity index (χ2v) is 6.91. The Balaban J connectivity index is 1.27. The van der Waals surface area contributed by atoms with E-state index < -0.39 is 0 Å². The molecule has 0 aliphatic carbocycles. The molecule has 0 amide bonds. The first-order chi connectivity index (χ1) is 12.3. The van der Waals surface area contributed by atoms with Crippen molar-refractivity contribution in [1.82, 2.24) is 9.88 Å². The van der Waals surface area contributed by atoms with Crippen molar-refractivity contribution < 1.29 is 14.2 Å². The van der Waals surface area contributed by atoms with Crippen LogP contribution in [0.25, 0.3) is 0 Å². The van der Waals surface area contributed by atoms with E-state index in [-0.39, 0.29) is 6.10 Å². The number of ether oxygens (including phenoxy) is 3. The quantitative estimate of drug-likeness (QED) is 0.809. The second-order valence-electron chi connectivity index (χ2n) is 6.91. The van der Waals surface area contributed by atoms with Gasteiger partial charge < -0.3 is 14.2 Å². The summed E-state index contributed by atoms with van der Waals surface area (Å²) >= 11 is 0. The Hall–Kier alpha value is -2.11. The Morgan fingerprint density at radius 2 is 1.96 bits per heavy atom. The fourth-order valence-electron chi connectivity index (χ4n) is 3.61. The third-order valence-electron chi connectivity index (χ3n) is 4.79. The molecule has 1 aromatic heterocycles. The summed E-state index contributed by atoms with van der Waals surface area (Å²) in [6, 6.07) is 10.3. The molecule has 0 radical (unpaired) electrons. The molecule has 2 aromatic rings. The first-order valence-corrected chi connectivity index (χ1v) is 8.88. The Kier molecular flexibility index (Phi) is 4.85. The van der Waals surface area contributed by atoms with Crippen molar-refractivity contribution in [3.63, 3.8) is 0 Å². The summed E-state index contributed by atoms with van der Waals surface area (Å²) in [6.07, 6.45) is 7.49. The Morgan fingerprint density at radius 1 is 1.08 bits per heavy atom. The molecule has 2 aliphatic rings. The van der Waals surface area contributed by atoms with E-state index in [1.807, 2.05) is 24.5 Å². The number of likely N-dealkylation sites (N-methyl/N-ethyl adjacent to an activating group) is 1. The van der Waals surface area contributed by atoms with E-state index in [9.17, 15) is 0 Å². The van der Waals surface area contributed by atoms with Crippen LogP contribution in [0.3, 0.4) is 0 Å². The van der Waals surface area contributed by atoms with Gasteiger partial charge in [0.15, 0.2) is 11.5 Å². The first-order valence-electron chi connectivity index (χ1n) is 8.88. The maximum Gasteiger partial charge on any atom is 0.231 e. The molecule has 1 fully saturated rings. The van der Waals surface area contributed by atoms with Gasteiger partial charge in [0.2, 0.25) is 6.79 Å². The number of pyridine rings is 1. The van der Waals surface area contributed by atoms with Crippen molar-refractivity contribution in [3.05, 3.63) is 53.9 Å². The van der Waals surface area contributed by atoms with Crippen LogP contribution in [0.4, 0.5) is 0 Å². The lowest BCUT2D eigenvalue weighted by Gasteiger charge is -2.21. The van der Waals surface area contributed by atoms with Crippen molar-refractivity contribution in [2.75, 3.05) is 20.4 Å². The van der Waals surface area contributed by atoms with E-state index in [0.717, 1.165) is 43.9 Å². The Morgan fingerprint density at radius 3 is 2.84 bits per heavy atom. The highest BCUT2D eigenvalue weighted by Gasteiger charge is 2.27. The molecule has 0 spiro atoms. The smallest absolute Gasteiger partial charge is 0.231 e. The van der Waals surface area contributed by atoms with Crippen LogP contribution in [0.15, 0.2) is 42.7 Å². The van der Waals surface area contributed by atoms with Gasteiger partial charge in [-0.15, -0.1) is 0 Å². The number of fused-ring (bicyclic) bond motifs is 1. The molecule has 2 atom stereocenters. The van der Waals surface area contributed by atoms with Crippen molar-refractivity contribution in [1.29, 1.82) is 0 Å². The lowest BCUT2D eigenvalue weighted by atomic mass is 10.0. The largest absolute Gasteiger partial charge is 0.454 e. The molecule has 0 unspecified atom stereocenters. The van der Waals surface area contributed by atoms with E-state index in [4.69, 9.17) is 14.2 Å². The first kappa shape index (κ1) is 16.4. The fourth-order valence-corrected chi connectivity index (χ4v) is 3.61. The molecule has 132 valence electrons. The monoisotopic (exact) mass is 340 g/mol. The standard InChI is InChI=1S/C20H24N2O3/c1-22(12-16-3-2-8-21-11-16)13-18-6-5-17(25-18)9-15-4-7-19-20(10-15)24-14-23-19/h2-4,7-8,10-11,17-18H,5-6,9,12-14H2,1H3/t17-,18+/m0/s1. The van der Waals surface area contributed by atoms with Crippen LogP contribution < -0.4 is 9.47 Å². The third kappa shape index (κ3) is 4.11. The maximum atomic E-state index is 6.26. The molecular formula is C20H24N2O3. The highest BCUT2D eigenvalue weighted by atomic mass is 16.7. The van der Waals surface area contributed by atoms with Gasteiger partial charge in [0.05, 0.1) is 12.2 Å². The highest BCUT2D eigenvalue weighted by Crippen LogP contribution is 2.33. The van der Waals surface area contributed by atoms with Gasteiger partial charge in [-0.05, 0) is 55.6 Å². The SMILES string of the molecule is CN(Cc1cccnc1)C[C@H]1CC[C@@H](Cc2ccc3c(c2)OCO3)O1. The van der Waals surface area contributed by atoms with Gasteiger partial charge in [-0.3, -0.25) is 9.88 Å². The highest BCUT2D eigenvalue weighted by molar-refractivity contribution is 5.44. The summed E-state index contributed by atoms with van der Waals surface area (Å²) in [5.74, 6) is 1.69. The van der Waals surface area contributed by atoms with E-state index >= 15 is 0 Å². The predicted molar refractivity (Wildman–Crippen MR) is 94.7 cm³/mol. The average Bonchev–Trinajstić information content (AvgIpc) is 3.24. The molecule has 2 aliphatic heterocycles. The summed E-state index contributed by atoms with van der Waals surface area (Å²) in [7, 11) is 2.14. The molecule has 5 nitrogen and oxygen atoms in total. The molecular weight excluding hydrogens is 316 g/mol. The summed E-state index contributed by atoms with van der Waals surface area (Å²) in [4.78, 5) is 6.49. The predicted octanol–water partition coefficient (Wildman–Crippen LogP) is 3.03. The lowest BCUT2D eigenvalue weighted by molar-refractivity contribution is 0.0267. The van der Waals surface area contributed by atoms with Crippen LogP contribution >= 0.6 is 0 Å². The number of hydrogen-bond acceptors (Lipinski definition) is 5. The third-order valence-corrected chi connectivity index (χ3v) is 4.79. The van der Waals surface area contributed by atoms with Crippen molar-refractivity contribution >= 4 is 0 Å². The summed E-state index contributed by atoms with van der Waals surface area (Å²) in [5, 5.41) is 0. The van der Waals surface area contributed by atoms with Gasteiger partial charge in [-0.1, -0.05) is 12.1 Å². The second kappa shape index (κ2) is 7.42. The minimum atomic E-state index is 0.289. The van der Waals surface area contributed by atoms with Gasteiger partial charge in [0.1, 0.15) is 0 Å². The minimum Gasteiger partial charge on any atom is -0.454 e. The van der Waals surface area contributed by atoms with E-state index in [1.165, 1.54) is 11.1 Å². The topological polar surface area (TPSA) is 43.8 Å². The van der Waals surface area contributed by atoms with Crippen LogP contribution in [0.2, 0.25) is 0 Å². The fraction of sp³-hybridized carbons (Fsp3) is 0.450. The van der Waals surface area contributed by atoms with Gasteiger partial charge in [0, 0.05) is 25.5 Å². The van der Waals surface area contributed by atoms with Crippen LogP contribution in [0.5, 0.6) is 11.5 Å². The molecule has 1 aromatic carbocycles. The van der Waals surface area contributed by atoms with Crippen LogP contribution in [0.1, 0.15) is 24.0 Å². The minimum absolute atomic E-state index is 0.289. The van der Waals surface area contributed by atoms with Gasteiger partial charge in [-0.25, -0.2) is 0 Å². The summed E-state index contributed by atoms with van der Waals surface area (Å²) in [5.41, 5.74) is 2.48.